The molecule has 6 heteroatoms. The maximum atomic E-state index is 12.9. The van der Waals surface area contributed by atoms with Crippen LogP contribution in [0.25, 0.3) is 0 Å². The standard InChI is InChI=1S/C14H19FN2O3/c1-9(2)12(18)6-7-16-13(19)14(20)17-11-5-3-4-10(15)8-11/h3-5,8-9,12,18H,6-7H2,1-2H3,(H,16,19)(H,17,20). The average molecular weight is 282 g/mol. The summed E-state index contributed by atoms with van der Waals surface area (Å²) in [5, 5.41) is 14.2. The number of benzene rings is 1. The summed E-state index contributed by atoms with van der Waals surface area (Å²) in [6.45, 7) is 3.93. The molecular weight excluding hydrogens is 263 g/mol. The molecule has 0 fully saturated rings. The smallest absolute Gasteiger partial charge is 0.313 e. The minimum absolute atomic E-state index is 0.0908. The minimum atomic E-state index is -0.866. The number of aliphatic hydroxyl groups is 1. The van der Waals surface area contributed by atoms with Gasteiger partial charge in [0.2, 0.25) is 0 Å². The molecule has 1 aromatic rings. The Bertz CT molecular complexity index is 477. The van der Waals surface area contributed by atoms with Crippen molar-refractivity contribution in [1.29, 1.82) is 0 Å². The first kappa shape index (κ1) is 16.1. The number of halogens is 1. The van der Waals surface area contributed by atoms with E-state index in [0.29, 0.717) is 6.42 Å². The van der Waals surface area contributed by atoms with Gasteiger partial charge in [0.25, 0.3) is 0 Å². The van der Waals surface area contributed by atoms with Crippen LogP contribution in [0.2, 0.25) is 0 Å². The first-order valence-electron chi connectivity index (χ1n) is 6.43. The molecule has 0 aliphatic carbocycles. The Kier molecular flexibility index (Phi) is 6.11. The quantitative estimate of drug-likeness (QED) is 0.712. The molecule has 0 aliphatic heterocycles. The second kappa shape index (κ2) is 7.59. The van der Waals surface area contributed by atoms with Crippen LogP contribution in [0.5, 0.6) is 0 Å². The van der Waals surface area contributed by atoms with Crippen LogP contribution in [-0.4, -0.2) is 29.6 Å². The van der Waals surface area contributed by atoms with Gasteiger partial charge in [-0.3, -0.25) is 9.59 Å². The molecule has 1 atom stereocenters. The molecule has 1 unspecified atom stereocenters. The van der Waals surface area contributed by atoms with Gasteiger partial charge in [-0.15, -0.1) is 0 Å². The summed E-state index contributed by atoms with van der Waals surface area (Å²) < 4.78 is 12.9. The molecule has 0 heterocycles. The highest BCUT2D eigenvalue weighted by Crippen LogP contribution is 2.08. The monoisotopic (exact) mass is 282 g/mol. The Hall–Kier alpha value is -1.95. The van der Waals surface area contributed by atoms with Gasteiger partial charge in [-0.2, -0.15) is 0 Å². The van der Waals surface area contributed by atoms with E-state index in [2.05, 4.69) is 10.6 Å². The normalized spacial score (nSPS) is 12.1. The van der Waals surface area contributed by atoms with Crippen molar-refractivity contribution < 1.29 is 19.1 Å². The van der Waals surface area contributed by atoms with Gasteiger partial charge in [-0.1, -0.05) is 19.9 Å². The lowest BCUT2D eigenvalue weighted by molar-refractivity contribution is -0.136. The average Bonchev–Trinajstić information content (AvgIpc) is 2.38. The Morgan fingerprint density at radius 2 is 2.00 bits per heavy atom. The molecule has 5 nitrogen and oxygen atoms in total. The topological polar surface area (TPSA) is 78.4 Å². The number of amides is 2. The number of anilines is 1. The number of hydrogen-bond acceptors (Lipinski definition) is 3. The first-order chi connectivity index (χ1) is 9.40. The zero-order chi connectivity index (χ0) is 15.1. The van der Waals surface area contributed by atoms with Crippen LogP contribution < -0.4 is 10.6 Å². The molecule has 0 spiro atoms. The van der Waals surface area contributed by atoms with Crippen molar-refractivity contribution in [2.24, 2.45) is 5.92 Å². The van der Waals surface area contributed by atoms with E-state index in [9.17, 15) is 19.1 Å². The van der Waals surface area contributed by atoms with E-state index in [1.54, 1.807) is 0 Å². The Labute approximate surface area is 117 Å². The molecular formula is C14H19FN2O3. The van der Waals surface area contributed by atoms with Crippen molar-refractivity contribution in [3.8, 4) is 0 Å². The fourth-order valence-electron chi connectivity index (χ4n) is 1.50. The van der Waals surface area contributed by atoms with Gasteiger partial charge >= 0.3 is 11.8 Å². The van der Waals surface area contributed by atoms with E-state index in [0.717, 1.165) is 6.07 Å². The van der Waals surface area contributed by atoms with Gasteiger partial charge < -0.3 is 15.7 Å². The molecule has 1 aromatic carbocycles. The molecule has 0 saturated heterocycles. The summed E-state index contributed by atoms with van der Waals surface area (Å²) in [5.41, 5.74) is 0.215. The predicted molar refractivity (Wildman–Crippen MR) is 73.5 cm³/mol. The van der Waals surface area contributed by atoms with E-state index in [-0.39, 0.29) is 18.2 Å². The Morgan fingerprint density at radius 1 is 1.30 bits per heavy atom. The van der Waals surface area contributed by atoms with Gasteiger partial charge in [-0.05, 0) is 30.5 Å². The summed E-state index contributed by atoms with van der Waals surface area (Å²) in [4.78, 5) is 23.0. The summed E-state index contributed by atoms with van der Waals surface area (Å²) in [5.74, 6) is -2.09. The van der Waals surface area contributed by atoms with E-state index >= 15 is 0 Å². The molecule has 0 radical (unpaired) electrons. The maximum Gasteiger partial charge on any atom is 0.313 e. The second-order valence-corrected chi connectivity index (χ2v) is 4.82. The third-order valence-corrected chi connectivity index (χ3v) is 2.78. The number of nitrogens with one attached hydrogen (secondary N) is 2. The van der Waals surface area contributed by atoms with Gasteiger partial charge in [-0.25, -0.2) is 4.39 Å². The van der Waals surface area contributed by atoms with Crippen molar-refractivity contribution in [3.63, 3.8) is 0 Å². The van der Waals surface area contributed by atoms with E-state index in [1.807, 2.05) is 13.8 Å². The summed E-state index contributed by atoms with van der Waals surface area (Å²) in [6, 6.07) is 5.27. The van der Waals surface area contributed by atoms with Crippen molar-refractivity contribution in [1.82, 2.24) is 5.32 Å². The fourth-order valence-corrected chi connectivity index (χ4v) is 1.50. The van der Waals surface area contributed by atoms with Crippen molar-refractivity contribution in [3.05, 3.63) is 30.1 Å². The van der Waals surface area contributed by atoms with Gasteiger partial charge in [0.1, 0.15) is 5.82 Å². The van der Waals surface area contributed by atoms with Crippen LogP contribution in [0.15, 0.2) is 24.3 Å². The highest BCUT2D eigenvalue weighted by molar-refractivity contribution is 6.39. The predicted octanol–water partition coefficient (Wildman–Crippen LogP) is 1.29. The Balaban J connectivity index is 2.38. The zero-order valence-corrected chi connectivity index (χ0v) is 11.5. The molecule has 0 aromatic heterocycles. The Morgan fingerprint density at radius 3 is 2.60 bits per heavy atom. The second-order valence-electron chi connectivity index (χ2n) is 4.82. The van der Waals surface area contributed by atoms with Crippen LogP contribution in [0.4, 0.5) is 10.1 Å². The summed E-state index contributed by atoms with van der Waals surface area (Å²) >= 11 is 0. The van der Waals surface area contributed by atoms with E-state index in [1.165, 1.54) is 18.2 Å². The van der Waals surface area contributed by atoms with E-state index in [4.69, 9.17) is 0 Å². The molecule has 0 bridgehead atoms. The zero-order valence-electron chi connectivity index (χ0n) is 11.5. The van der Waals surface area contributed by atoms with Gasteiger partial charge in [0.15, 0.2) is 0 Å². The molecule has 20 heavy (non-hydrogen) atoms. The lowest BCUT2D eigenvalue weighted by Gasteiger charge is -2.14. The van der Waals surface area contributed by atoms with Crippen LogP contribution in [0.3, 0.4) is 0 Å². The highest BCUT2D eigenvalue weighted by Gasteiger charge is 2.15. The molecule has 0 saturated carbocycles. The molecule has 2 amide bonds. The number of carbonyl (C=O) groups excluding carboxylic acids is 2. The number of rotatable bonds is 5. The fraction of sp³-hybridized carbons (Fsp3) is 0.429. The molecule has 3 N–H and O–H groups in total. The third kappa shape index (κ3) is 5.36. The number of hydrogen-bond donors (Lipinski definition) is 3. The van der Waals surface area contributed by atoms with Crippen LogP contribution in [0, 0.1) is 11.7 Å². The number of carbonyl (C=O) groups is 2. The first-order valence-corrected chi connectivity index (χ1v) is 6.43. The lowest BCUT2D eigenvalue weighted by atomic mass is 10.0. The highest BCUT2D eigenvalue weighted by atomic mass is 19.1. The van der Waals surface area contributed by atoms with Gasteiger partial charge in [0.05, 0.1) is 6.10 Å². The largest absolute Gasteiger partial charge is 0.393 e. The van der Waals surface area contributed by atoms with Crippen LogP contribution in [-0.2, 0) is 9.59 Å². The third-order valence-electron chi connectivity index (χ3n) is 2.78. The SMILES string of the molecule is CC(C)C(O)CCNC(=O)C(=O)Nc1cccc(F)c1. The van der Waals surface area contributed by atoms with Crippen molar-refractivity contribution in [2.75, 3.05) is 11.9 Å². The molecule has 110 valence electrons. The lowest BCUT2D eigenvalue weighted by Crippen LogP contribution is -2.37. The molecule has 0 aliphatic rings. The van der Waals surface area contributed by atoms with Crippen molar-refractivity contribution >= 4 is 17.5 Å². The van der Waals surface area contributed by atoms with E-state index < -0.39 is 23.7 Å². The summed E-state index contributed by atoms with van der Waals surface area (Å²) in [7, 11) is 0. The van der Waals surface area contributed by atoms with Crippen LogP contribution >= 0.6 is 0 Å². The van der Waals surface area contributed by atoms with Crippen LogP contribution in [0.1, 0.15) is 20.3 Å². The number of aliphatic hydroxyl groups excluding tert-OH is 1. The molecule has 1 rings (SSSR count). The van der Waals surface area contributed by atoms with Crippen molar-refractivity contribution in [2.45, 2.75) is 26.4 Å². The maximum absolute atomic E-state index is 12.9. The van der Waals surface area contributed by atoms with Gasteiger partial charge in [0, 0.05) is 12.2 Å². The minimum Gasteiger partial charge on any atom is -0.393 e. The summed E-state index contributed by atoms with van der Waals surface area (Å²) in [6.07, 6.45) is -0.155.